The predicted molar refractivity (Wildman–Crippen MR) is 31.7 cm³/mol. The van der Waals surface area contributed by atoms with Crippen molar-refractivity contribution >= 4 is 18.4 Å². The fourth-order valence-corrected chi connectivity index (χ4v) is 0.478. The zero-order valence-electron chi connectivity index (χ0n) is 4.14. The van der Waals surface area contributed by atoms with E-state index < -0.39 is 0 Å². The summed E-state index contributed by atoms with van der Waals surface area (Å²) in [6, 6.07) is 0. The minimum atomic E-state index is 0.0486. The van der Waals surface area contributed by atoms with Crippen molar-refractivity contribution in [1.82, 2.24) is 0 Å². The van der Waals surface area contributed by atoms with Gasteiger partial charge in [0.05, 0.1) is 5.37 Å². The lowest BCUT2D eigenvalue weighted by molar-refractivity contribution is -0.116. The highest BCUT2D eigenvalue weighted by Crippen LogP contribution is 2.00. The molecule has 0 aromatic heterocycles. The molecular weight excluding hydrogens is 110 g/mol. The molecule has 3 heteroatoms. The summed E-state index contributed by atoms with van der Waals surface area (Å²) >= 11 is 3.71. The van der Waals surface area contributed by atoms with E-state index in [4.69, 9.17) is 5.73 Å². The number of hydrogen-bond acceptors (Lipinski definition) is 3. The van der Waals surface area contributed by atoms with Gasteiger partial charge in [-0.25, -0.2) is 0 Å². The number of thiol groups is 1. The van der Waals surface area contributed by atoms with Crippen LogP contribution in [0.15, 0.2) is 0 Å². The molecule has 0 heterocycles. The molecule has 0 aliphatic rings. The number of Topliss-reactive ketones (excluding diaryl/α,β-unsaturated/α-hetero) is 1. The molecule has 2 N–H and O–H groups in total. The van der Waals surface area contributed by atoms with E-state index in [0.717, 1.165) is 0 Å². The zero-order valence-corrected chi connectivity index (χ0v) is 5.03. The molecule has 0 aromatic carbocycles. The molecule has 0 amide bonds. The van der Waals surface area contributed by atoms with Crippen molar-refractivity contribution < 1.29 is 4.79 Å². The molecule has 0 spiro atoms. The summed E-state index contributed by atoms with van der Waals surface area (Å²) in [7, 11) is 0. The van der Waals surface area contributed by atoms with Gasteiger partial charge in [0, 0.05) is 6.42 Å². The number of carbonyl (C=O) groups is 1. The van der Waals surface area contributed by atoms with Gasteiger partial charge >= 0.3 is 0 Å². The van der Waals surface area contributed by atoms with Crippen LogP contribution in [0.2, 0.25) is 0 Å². The number of hydrogen-bond donors (Lipinski definition) is 2. The molecule has 0 atom stereocenters. The minimum Gasteiger partial charge on any atom is -0.314 e. The highest BCUT2D eigenvalue weighted by molar-refractivity contribution is 7.83. The van der Waals surface area contributed by atoms with Crippen LogP contribution in [0.3, 0.4) is 0 Å². The number of nitrogens with two attached hydrogens (primary N) is 1. The van der Waals surface area contributed by atoms with E-state index in [1.165, 1.54) is 6.92 Å². The largest absolute Gasteiger partial charge is 0.314 e. The Balaban J connectivity index is 3.13. The molecular formula is C4H8NOS. The van der Waals surface area contributed by atoms with Crippen LogP contribution in [0.25, 0.3) is 0 Å². The second-order valence-electron chi connectivity index (χ2n) is 1.37. The number of rotatable bonds is 2. The van der Waals surface area contributed by atoms with Crippen molar-refractivity contribution in [2.75, 3.05) is 0 Å². The molecule has 0 unspecified atom stereocenters. The third-order valence-corrected chi connectivity index (χ3v) is 0.588. The lowest BCUT2D eigenvalue weighted by atomic mass is 10.3. The first-order chi connectivity index (χ1) is 3.13. The van der Waals surface area contributed by atoms with Crippen LogP contribution < -0.4 is 5.73 Å². The monoisotopic (exact) mass is 118 g/mol. The SMILES string of the molecule is CC(=O)C[C](N)S. The van der Waals surface area contributed by atoms with Crippen molar-refractivity contribution in [3.05, 3.63) is 5.37 Å². The van der Waals surface area contributed by atoms with Crippen molar-refractivity contribution in [2.24, 2.45) is 5.73 Å². The summed E-state index contributed by atoms with van der Waals surface area (Å²) in [4.78, 5) is 10.1. The van der Waals surface area contributed by atoms with Gasteiger partial charge in [0.1, 0.15) is 5.78 Å². The Morgan fingerprint density at radius 2 is 2.29 bits per heavy atom. The standard InChI is InChI=1S/C4H8NOS/c1-3(6)2-4(5)7/h7H,2,5H2,1H3. The average Bonchev–Trinajstić information content (AvgIpc) is 1.27. The normalized spacial score (nSPS) is 9.71. The lowest BCUT2D eigenvalue weighted by Gasteiger charge is -1.94. The molecule has 0 fully saturated rings. The Labute approximate surface area is 48.5 Å². The Morgan fingerprint density at radius 1 is 1.86 bits per heavy atom. The van der Waals surface area contributed by atoms with Gasteiger partial charge in [-0.2, -0.15) is 12.6 Å². The summed E-state index contributed by atoms with van der Waals surface area (Å²) in [6.07, 6.45) is 0.281. The second-order valence-corrected chi connectivity index (χ2v) is 1.94. The fourth-order valence-electron chi connectivity index (χ4n) is 0.255. The quantitative estimate of drug-likeness (QED) is 0.513. The van der Waals surface area contributed by atoms with Gasteiger partial charge in [0.2, 0.25) is 0 Å². The summed E-state index contributed by atoms with van der Waals surface area (Å²) in [5, 5.41) is 0.382. The maximum Gasteiger partial charge on any atom is 0.132 e. The summed E-state index contributed by atoms with van der Waals surface area (Å²) in [6.45, 7) is 1.48. The lowest BCUT2D eigenvalue weighted by Crippen LogP contribution is -2.05. The van der Waals surface area contributed by atoms with E-state index >= 15 is 0 Å². The fraction of sp³-hybridized carbons (Fsp3) is 0.500. The molecule has 41 valence electrons. The number of carbonyl (C=O) groups excluding carboxylic acids is 1. The van der Waals surface area contributed by atoms with Gasteiger partial charge in [-0.3, -0.25) is 4.79 Å². The molecule has 0 aliphatic heterocycles. The Hall–Kier alpha value is -0.0200. The minimum absolute atomic E-state index is 0.0486. The second kappa shape index (κ2) is 3.04. The summed E-state index contributed by atoms with van der Waals surface area (Å²) < 4.78 is 0. The van der Waals surface area contributed by atoms with Gasteiger partial charge in [-0.05, 0) is 6.92 Å². The first-order valence-corrected chi connectivity index (χ1v) is 2.37. The van der Waals surface area contributed by atoms with E-state index in [1.807, 2.05) is 0 Å². The molecule has 0 saturated heterocycles. The topological polar surface area (TPSA) is 43.1 Å². The molecule has 0 rings (SSSR count). The highest BCUT2D eigenvalue weighted by atomic mass is 32.1. The maximum atomic E-state index is 10.1. The molecule has 7 heavy (non-hydrogen) atoms. The van der Waals surface area contributed by atoms with E-state index in [-0.39, 0.29) is 12.2 Å². The maximum absolute atomic E-state index is 10.1. The van der Waals surface area contributed by atoms with Gasteiger partial charge in [0.25, 0.3) is 0 Å². The van der Waals surface area contributed by atoms with Gasteiger partial charge < -0.3 is 5.73 Å². The molecule has 0 saturated carbocycles. The van der Waals surface area contributed by atoms with Crippen LogP contribution in [0.1, 0.15) is 13.3 Å². The smallest absolute Gasteiger partial charge is 0.132 e. The molecule has 0 bridgehead atoms. The highest BCUT2D eigenvalue weighted by Gasteiger charge is 1.97. The van der Waals surface area contributed by atoms with Gasteiger partial charge in [-0.15, -0.1) is 0 Å². The Bertz CT molecular complexity index is 72.1. The average molecular weight is 118 g/mol. The first-order valence-electron chi connectivity index (χ1n) is 1.92. The molecule has 1 radical (unpaired) electrons. The van der Waals surface area contributed by atoms with Crippen LogP contribution >= 0.6 is 12.6 Å². The van der Waals surface area contributed by atoms with E-state index in [2.05, 4.69) is 12.6 Å². The predicted octanol–water partition coefficient (Wildman–Crippen LogP) is 0.343. The van der Waals surface area contributed by atoms with Crippen molar-refractivity contribution in [1.29, 1.82) is 0 Å². The van der Waals surface area contributed by atoms with Crippen LogP contribution in [-0.2, 0) is 4.79 Å². The molecule has 2 nitrogen and oxygen atoms in total. The van der Waals surface area contributed by atoms with E-state index in [1.54, 1.807) is 0 Å². The molecule has 0 aliphatic carbocycles. The summed E-state index contributed by atoms with van der Waals surface area (Å²) in [5.41, 5.74) is 5.05. The van der Waals surface area contributed by atoms with Gasteiger partial charge in [-0.1, -0.05) is 0 Å². The Morgan fingerprint density at radius 3 is 2.29 bits per heavy atom. The third kappa shape index (κ3) is 5.98. The summed E-state index contributed by atoms with van der Waals surface area (Å²) in [5.74, 6) is 0.0486. The third-order valence-electron chi connectivity index (χ3n) is 0.430. The van der Waals surface area contributed by atoms with E-state index in [0.29, 0.717) is 5.37 Å². The zero-order chi connectivity index (χ0) is 5.86. The van der Waals surface area contributed by atoms with Crippen molar-refractivity contribution in [3.63, 3.8) is 0 Å². The number of ketones is 1. The van der Waals surface area contributed by atoms with Crippen molar-refractivity contribution in [2.45, 2.75) is 13.3 Å². The Kier molecular flexibility index (Phi) is 3.04. The molecule has 0 aromatic rings. The van der Waals surface area contributed by atoms with Crippen molar-refractivity contribution in [3.8, 4) is 0 Å². The van der Waals surface area contributed by atoms with Crippen LogP contribution in [0.5, 0.6) is 0 Å². The van der Waals surface area contributed by atoms with E-state index in [9.17, 15) is 4.79 Å². The van der Waals surface area contributed by atoms with Crippen LogP contribution in [-0.4, -0.2) is 5.78 Å². The van der Waals surface area contributed by atoms with Crippen LogP contribution in [0.4, 0.5) is 0 Å². The van der Waals surface area contributed by atoms with Crippen LogP contribution in [0, 0.1) is 5.37 Å². The van der Waals surface area contributed by atoms with Gasteiger partial charge in [0.15, 0.2) is 0 Å². The first kappa shape index (κ1) is 6.98.